The first-order chi connectivity index (χ1) is 12.6. The minimum absolute atomic E-state index is 0.0582. The fourth-order valence-electron chi connectivity index (χ4n) is 4.95. The fourth-order valence-corrected chi connectivity index (χ4v) is 4.95. The Labute approximate surface area is 155 Å². The van der Waals surface area contributed by atoms with E-state index in [2.05, 4.69) is 66.8 Å². The van der Waals surface area contributed by atoms with Gasteiger partial charge in [-0.15, -0.1) is 0 Å². The SMILES string of the molecule is CCC(NOC)=C1[C@@H](c2ccc3ccccc3c2)CC2CC(O)[C@H]1N2C. The number of nitrogens with one attached hydrogen (secondary N) is 1. The molecule has 4 rings (SSSR count). The molecule has 4 atom stereocenters. The third kappa shape index (κ3) is 2.82. The molecule has 2 aliphatic heterocycles. The van der Waals surface area contributed by atoms with Gasteiger partial charge in [0.1, 0.15) is 0 Å². The maximum Gasteiger partial charge on any atom is 0.0749 e. The Morgan fingerprint density at radius 1 is 1.19 bits per heavy atom. The van der Waals surface area contributed by atoms with Crippen LogP contribution < -0.4 is 5.48 Å². The van der Waals surface area contributed by atoms with Crippen molar-refractivity contribution in [2.45, 2.75) is 50.3 Å². The highest BCUT2D eigenvalue weighted by molar-refractivity contribution is 5.83. The van der Waals surface area contributed by atoms with Crippen LogP contribution in [0, 0.1) is 0 Å². The number of hydrogen-bond acceptors (Lipinski definition) is 4. The van der Waals surface area contributed by atoms with E-state index in [0.29, 0.717) is 12.0 Å². The lowest BCUT2D eigenvalue weighted by Crippen LogP contribution is -2.45. The topological polar surface area (TPSA) is 44.7 Å². The second kappa shape index (κ2) is 7.03. The van der Waals surface area contributed by atoms with E-state index in [-0.39, 0.29) is 12.1 Å². The summed E-state index contributed by atoms with van der Waals surface area (Å²) in [7, 11) is 3.80. The lowest BCUT2D eigenvalue weighted by Gasteiger charge is -2.40. The number of nitrogens with zero attached hydrogens (tertiary/aromatic N) is 1. The van der Waals surface area contributed by atoms with Crippen LogP contribution in [0.5, 0.6) is 0 Å². The van der Waals surface area contributed by atoms with Crippen LogP contribution in [0.25, 0.3) is 10.8 Å². The van der Waals surface area contributed by atoms with Crippen LogP contribution in [0.3, 0.4) is 0 Å². The number of hydroxylamine groups is 1. The number of fused-ring (bicyclic) bond motifs is 3. The molecular formula is C22H28N2O2. The molecule has 2 aromatic carbocycles. The quantitative estimate of drug-likeness (QED) is 0.826. The molecule has 2 heterocycles. The number of piperidine rings is 1. The standard InChI is InChI=1S/C22H28N2O2/c1-4-19(23-26-3)21-18(12-17-13-20(25)22(21)24(17)2)16-10-9-14-7-5-6-8-15(14)11-16/h5-11,17-18,20,22-23,25H,4,12-13H2,1-3H3/t17?,18-,20?,22-/m1/s1. The van der Waals surface area contributed by atoms with Crippen LogP contribution in [0.15, 0.2) is 53.7 Å². The second-order valence-corrected chi connectivity index (χ2v) is 7.56. The van der Waals surface area contributed by atoms with E-state index in [1.807, 2.05) is 0 Å². The Kier molecular flexibility index (Phi) is 4.74. The summed E-state index contributed by atoms with van der Waals surface area (Å²) in [5.41, 5.74) is 6.82. The number of likely N-dealkylation sites (N-methyl/N-ethyl adjacent to an activating group) is 1. The molecule has 0 radical (unpaired) electrons. The molecule has 2 aromatic rings. The van der Waals surface area contributed by atoms with E-state index in [1.165, 1.54) is 21.9 Å². The molecule has 0 amide bonds. The Balaban J connectivity index is 1.84. The van der Waals surface area contributed by atoms with Gasteiger partial charge in [0.25, 0.3) is 0 Å². The molecule has 26 heavy (non-hydrogen) atoms. The maximum absolute atomic E-state index is 10.7. The smallest absolute Gasteiger partial charge is 0.0749 e. The summed E-state index contributed by atoms with van der Waals surface area (Å²) in [6.45, 7) is 2.14. The minimum atomic E-state index is -0.314. The monoisotopic (exact) mass is 352 g/mol. The van der Waals surface area contributed by atoms with Gasteiger partial charge in [0.2, 0.25) is 0 Å². The number of hydrogen-bond donors (Lipinski definition) is 2. The highest BCUT2D eigenvalue weighted by atomic mass is 16.6. The first-order valence-corrected chi connectivity index (χ1v) is 9.54. The summed E-state index contributed by atoms with van der Waals surface area (Å²) >= 11 is 0. The van der Waals surface area contributed by atoms with Gasteiger partial charge in [-0.05, 0) is 48.2 Å². The zero-order valence-corrected chi connectivity index (χ0v) is 15.8. The van der Waals surface area contributed by atoms with E-state index in [4.69, 9.17) is 4.84 Å². The lowest BCUT2D eigenvalue weighted by atomic mass is 9.78. The van der Waals surface area contributed by atoms with E-state index in [1.54, 1.807) is 7.11 Å². The molecule has 2 aliphatic rings. The Morgan fingerprint density at radius 3 is 2.69 bits per heavy atom. The van der Waals surface area contributed by atoms with Crippen molar-refractivity contribution >= 4 is 10.8 Å². The van der Waals surface area contributed by atoms with Gasteiger partial charge in [0.05, 0.1) is 19.3 Å². The Morgan fingerprint density at radius 2 is 1.96 bits per heavy atom. The van der Waals surface area contributed by atoms with Gasteiger partial charge in [-0.3, -0.25) is 15.2 Å². The zero-order chi connectivity index (χ0) is 18.3. The molecule has 0 saturated carbocycles. The second-order valence-electron chi connectivity index (χ2n) is 7.56. The van der Waals surface area contributed by atoms with Crippen LogP contribution in [0.1, 0.15) is 37.7 Å². The number of aliphatic hydroxyl groups is 1. The lowest BCUT2D eigenvalue weighted by molar-refractivity contribution is 0.101. The zero-order valence-electron chi connectivity index (χ0n) is 15.8. The molecule has 0 spiro atoms. The van der Waals surface area contributed by atoms with Crippen molar-refractivity contribution in [3.05, 3.63) is 59.3 Å². The van der Waals surface area contributed by atoms with Crippen molar-refractivity contribution in [2.75, 3.05) is 14.2 Å². The predicted molar refractivity (Wildman–Crippen MR) is 105 cm³/mol. The fraction of sp³-hybridized carbons (Fsp3) is 0.455. The summed E-state index contributed by atoms with van der Waals surface area (Å²) in [4.78, 5) is 7.62. The number of aliphatic hydroxyl groups excluding tert-OH is 1. The molecule has 0 aromatic heterocycles. The summed E-state index contributed by atoms with van der Waals surface area (Å²) in [5.74, 6) is 0.306. The third-order valence-corrected chi connectivity index (χ3v) is 6.20. The van der Waals surface area contributed by atoms with Gasteiger partial charge in [-0.1, -0.05) is 49.4 Å². The van der Waals surface area contributed by atoms with Crippen molar-refractivity contribution in [3.8, 4) is 0 Å². The number of rotatable bonds is 4. The Hall–Kier alpha value is -1.88. The average Bonchev–Trinajstić information content (AvgIpc) is 2.84. The molecule has 0 aliphatic carbocycles. The highest BCUT2D eigenvalue weighted by Gasteiger charge is 2.48. The summed E-state index contributed by atoms with van der Waals surface area (Å²) in [6, 6.07) is 15.8. The molecular weight excluding hydrogens is 324 g/mol. The predicted octanol–water partition coefficient (Wildman–Crippen LogP) is 3.58. The molecule has 2 fully saturated rings. The third-order valence-electron chi connectivity index (χ3n) is 6.20. The van der Waals surface area contributed by atoms with Crippen LogP contribution in [-0.4, -0.2) is 42.4 Å². The molecule has 4 heteroatoms. The normalized spacial score (nSPS) is 30.6. The van der Waals surface area contributed by atoms with E-state index < -0.39 is 0 Å². The van der Waals surface area contributed by atoms with Crippen molar-refractivity contribution in [3.63, 3.8) is 0 Å². The van der Waals surface area contributed by atoms with Gasteiger partial charge >= 0.3 is 0 Å². The first-order valence-electron chi connectivity index (χ1n) is 9.54. The molecule has 2 N–H and O–H groups in total. The van der Waals surface area contributed by atoms with Crippen molar-refractivity contribution in [1.29, 1.82) is 0 Å². The summed E-state index contributed by atoms with van der Waals surface area (Å²) in [6.07, 6.45) is 2.42. The Bertz CT molecular complexity index is 832. The van der Waals surface area contributed by atoms with Crippen molar-refractivity contribution in [1.82, 2.24) is 10.4 Å². The van der Waals surface area contributed by atoms with Gasteiger partial charge in [0.15, 0.2) is 0 Å². The van der Waals surface area contributed by atoms with Crippen molar-refractivity contribution in [2.24, 2.45) is 0 Å². The largest absolute Gasteiger partial charge is 0.391 e. The van der Waals surface area contributed by atoms with Crippen LogP contribution in [0.4, 0.5) is 0 Å². The van der Waals surface area contributed by atoms with E-state index in [0.717, 1.165) is 25.0 Å². The van der Waals surface area contributed by atoms with E-state index in [9.17, 15) is 5.11 Å². The minimum Gasteiger partial charge on any atom is -0.391 e. The molecule has 2 bridgehead atoms. The molecule has 4 nitrogen and oxygen atoms in total. The average molecular weight is 352 g/mol. The summed E-state index contributed by atoms with van der Waals surface area (Å²) in [5, 5.41) is 13.3. The van der Waals surface area contributed by atoms with Gasteiger partial charge in [-0.2, -0.15) is 0 Å². The summed E-state index contributed by atoms with van der Waals surface area (Å²) < 4.78 is 0. The van der Waals surface area contributed by atoms with Crippen LogP contribution in [0.2, 0.25) is 0 Å². The molecule has 2 saturated heterocycles. The first kappa shape index (κ1) is 17.5. The van der Waals surface area contributed by atoms with E-state index >= 15 is 0 Å². The number of allylic oxidation sites excluding steroid dienone is 1. The molecule has 2 unspecified atom stereocenters. The van der Waals surface area contributed by atoms with Crippen LogP contribution in [-0.2, 0) is 4.84 Å². The highest BCUT2D eigenvalue weighted by Crippen LogP contribution is 2.47. The molecule has 138 valence electrons. The van der Waals surface area contributed by atoms with Gasteiger partial charge in [-0.25, -0.2) is 0 Å². The van der Waals surface area contributed by atoms with Crippen molar-refractivity contribution < 1.29 is 9.94 Å². The number of benzene rings is 2. The van der Waals surface area contributed by atoms with Crippen LogP contribution >= 0.6 is 0 Å². The maximum atomic E-state index is 10.7. The van der Waals surface area contributed by atoms with Gasteiger partial charge < -0.3 is 5.11 Å². The van der Waals surface area contributed by atoms with Gasteiger partial charge in [0, 0.05) is 17.7 Å².